The standard InChI is InChI=1S/C24H17ClN4O2S/c25-22-16-29(24(28-22)19-6-2-1-3-7-19)15-17-10-12-18(13-11-17)20-8-4-5-9-21(20)32(30,31)23(27)14-26/h1-13,16,27H,15H2. The normalized spacial score (nSPS) is 11.1. The molecule has 0 bridgehead atoms. The van der Waals surface area contributed by atoms with E-state index >= 15 is 0 Å². The number of hydrogen-bond donors (Lipinski definition) is 1. The van der Waals surface area contributed by atoms with E-state index < -0.39 is 14.9 Å². The summed E-state index contributed by atoms with van der Waals surface area (Å²) in [5.74, 6) is 0.756. The molecule has 0 amide bonds. The van der Waals surface area contributed by atoms with Crippen LogP contribution < -0.4 is 0 Å². The maximum Gasteiger partial charge on any atom is 0.234 e. The molecule has 32 heavy (non-hydrogen) atoms. The monoisotopic (exact) mass is 460 g/mol. The molecular weight excluding hydrogens is 444 g/mol. The second kappa shape index (κ2) is 8.79. The van der Waals surface area contributed by atoms with Gasteiger partial charge in [0.25, 0.3) is 0 Å². The van der Waals surface area contributed by atoms with Crippen molar-refractivity contribution in [1.82, 2.24) is 9.55 Å². The number of rotatable bonds is 5. The summed E-state index contributed by atoms with van der Waals surface area (Å²) in [6.45, 7) is 0.531. The predicted molar refractivity (Wildman–Crippen MR) is 124 cm³/mol. The first-order valence-electron chi connectivity index (χ1n) is 9.60. The topological polar surface area (TPSA) is 99.6 Å². The van der Waals surface area contributed by atoms with Gasteiger partial charge in [0.2, 0.25) is 14.9 Å². The number of sulfone groups is 1. The van der Waals surface area contributed by atoms with Crippen molar-refractivity contribution in [3.8, 4) is 28.6 Å². The first-order chi connectivity index (χ1) is 15.4. The number of benzene rings is 3. The molecule has 158 valence electrons. The fraction of sp³-hybridized carbons (Fsp3) is 0.0417. The summed E-state index contributed by atoms with van der Waals surface area (Å²) in [5, 5.41) is 15.8. The Kier molecular flexibility index (Phi) is 5.91. The molecule has 0 aliphatic rings. The van der Waals surface area contributed by atoms with Gasteiger partial charge >= 0.3 is 0 Å². The Morgan fingerprint density at radius 2 is 1.62 bits per heavy atom. The van der Waals surface area contributed by atoms with Gasteiger partial charge in [0.1, 0.15) is 17.0 Å². The number of halogens is 1. The first kappa shape index (κ1) is 21.5. The lowest BCUT2D eigenvalue weighted by molar-refractivity contribution is 0.607. The fourth-order valence-corrected chi connectivity index (χ4v) is 4.69. The first-order valence-corrected chi connectivity index (χ1v) is 11.5. The van der Waals surface area contributed by atoms with E-state index in [4.69, 9.17) is 22.3 Å². The van der Waals surface area contributed by atoms with Crippen LogP contribution in [0.25, 0.3) is 22.5 Å². The van der Waals surface area contributed by atoms with Gasteiger partial charge in [-0.1, -0.05) is 84.4 Å². The molecule has 0 atom stereocenters. The van der Waals surface area contributed by atoms with Gasteiger partial charge in [-0.05, 0) is 17.2 Å². The van der Waals surface area contributed by atoms with Crippen molar-refractivity contribution < 1.29 is 8.42 Å². The smallest absolute Gasteiger partial charge is 0.234 e. The molecule has 3 aromatic carbocycles. The average Bonchev–Trinajstić information content (AvgIpc) is 3.19. The molecule has 4 aromatic rings. The molecule has 0 saturated heterocycles. The zero-order chi connectivity index (χ0) is 22.7. The number of aromatic nitrogens is 2. The SMILES string of the molecule is N#CC(=N)S(=O)(=O)c1ccccc1-c1ccc(Cn2cc(Cl)nc2-c2ccccc2)cc1. The van der Waals surface area contributed by atoms with Crippen molar-refractivity contribution in [2.45, 2.75) is 11.4 Å². The molecule has 1 heterocycles. The van der Waals surface area contributed by atoms with E-state index in [9.17, 15) is 8.42 Å². The highest BCUT2D eigenvalue weighted by atomic mass is 35.5. The van der Waals surface area contributed by atoms with Crippen LogP contribution in [-0.2, 0) is 16.4 Å². The summed E-state index contributed by atoms with van der Waals surface area (Å²) < 4.78 is 27.1. The van der Waals surface area contributed by atoms with Gasteiger partial charge in [-0.2, -0.15) is 5.26 Å². The molecule has 6 nitrogen and oxygen atoms in total. The molecule has 0 aliphatic carbocycles. The van der Waals surface area contributed by atoms with Crippen molar-refractivity contribution in [2.75, 3.05) is 0 Å². The molecule has 0 spiro atoms. The third-order valence-electron chi connectivity index (χ3n) is 4.94. The summed E-state index contributed by atoms with van der Waals surface area (Å²) in [6.07, 6.45) is 1.77. The van der Waals surface area contributed by atoms with Gasteiger partial charge < -0.3 is 4.57 Å². The molecule has 8 heteroatoms. The van der Waals surface area contributed by atoms with E-state index in [-0.39, 0.29) is 4.90 Å². The minimum atomic E-state index is -4.16. The molecular formula is C24H17ClN4O2S. The molecule has 0 radical (unpaired) electrons. The zero-order valence-corrected chi connectivity index (χ0v) is 18.3. The van der Waals surface area contributed by atoms with Crippen LogP contribution >= 0.6 is 11.6 Å². The summed E-state index contributed by atoms with van der Waals surface area (Å²) in [5.41, 5.74) is 3.04. The number of nitrogens with one attached hydrogen (secondary N) is 1. The fourth-order valence-electron chi connectivity index (χ4n) is 3.42. The highest BCUT2D eigenvalue weighted by molar-refractivity contribution is 8.07. The van der Waals surface area contributed by atoms with E-state index in [0.29, 0.717) is 22.8 Å². The Balaban J connectivity index is 1.66. The third kappa shape index (κ3) is 4.19. The minimum Gasteiger partial charge on any atom is -0.325 e. The lowest BCUT2D eigenvalue weighted by Crippen LogP contribution is -2.13. The predicted octanol–water partition coefficient (Wildman–Crippen LogP) is 5.19. The van der Waals surface area contributed by atoms with Crippen LogP contribution in [0.1, 0.15) is 5.56 Å². The molecule has 1 N–H and O–H groups in total. The Morgan fingerprint density at radius 1 is 0.969 bits per heavy atom. The largest absolute Gasteiger partial charge is 0.325 e. The van der Waals surface area contributed by atoms with Gasteiger partial charge in [0.15, 0.2) is 0 Å². The Labute approximate surface area is 190 Å². The molecule has 0 unspecified atom stereocenters. The van der Waals surface area contributed by atoms with Crippen LogP contribution in [0, 0.1) is 16.7 Å². The van der Waals surface area contributed by atoms with Crippen LogP contribution in [0.3, 0.4) is 0 Å². The second-order valence-electron chi connectivity index (χ2n) is 7.02. The van der Waals surface area contributed by atoms with Gasteiger partial charge in [-0.15, -0.1) is 0 Å². The summed E-state index contributed by atoms with van der Waals surface area (Å²) in [7, 11) is -4.16. The van der Waals surface area contributed by atoms with Gasteiger partial charge in [-0.3, -0.25) is 5.41 Å². The second-order valence-corrected chi connectivity index (χ2v) is 9.26. The van der Waals surface area contributed by atoms with Crippen LogP contribution in [0.15, 0.2) is 90.0 Å². The van der Waals surface area contributed by atoms with Crippen LogP contribution in [-0.4, -0.2) is 23.0 Å². The Morgan fingerprint density at radius 3 is 2.31 bits per heavy atom. The number of nitriles is 1. The van der Waals surface area contributed by atoms with Gasteiger partial charge in [0.05, 0.1) is 4.90 Å². The highest BCUT2D eigenvalue weighted by Gasteiger charge is 2.24. The van der Waals surface area contributed by atoms with E-state index in [0.717, 1.165) is 17.0 Å². The lowest BCUT2D eigenvalue weighted by atomic mass is 10.0. The Hall–Kier alpha value is -3.73. The third-order valence-corrected chi connectivity index (χ3v) is 6.69. The van der Waals surface area contributed by atoms with Gasteiger partial charge in [0, 0.05) is 23.9 Å². The average molecular weight is 461 g/mol. The zero-order valence-electron chi connectivity index (χ0n) is 16.7. The maximum atomic E-state index is 12.6. The molecule has 4 rings (SSSR count). The molecule has 0 saturated carbocycles. The quantitative estimate of drug-likeness (QED) is 0.327. The van der Waals surface area contributed by atoms with Crippen molar-refractivity contribution in [3.05, 3.63) is 95.8 Å². The van der Waals surface area contributed by atoms with E-state index in [1.165, 1.54) is 12.1 Å². The summed E-state index contributed by atoms with van der Waals surface area (Å²) in [6, 6.07) is 25.0. The van der Waals surface area contributed by atoms with Crippen LogP contribution in [0.5, 0.6) is 0 Å². The van der Waals surface area contributed by atoms with E-state index in [1.807, 2.05) is 59.2 Å². The summed E-state index contributed by atoms with van der Waals surface area (Å²) >= 11 is 6.16. The molecule has 0 fully saturated rings. The molecule has 0 aliphatic heterocycles. The van der Waals surface area contributed by atoms with E-state index in [2.05, 4.69) is 4.98 Å². The Bertz CT molecular complexity index is 1440. The maximum absolute atomic E-state index is 12.6. The minimum absolute atomic E-state index is 0.0629. The summed E-state index contributed by atoms with van der Waals surface area (Å²) in [4.78, 5) is 4.36. The van der Waals surface area contributed by atoms with Crippen LogP contribution in [0.4, 0.5) is 0 Å². The van der Waals surface area contributed by atoms with Crippen LogP contribution in [0.2, 0.25) is 5.15 Å². The van der Waals surface area contributed by atoms with Crippen molar-refractivity contribution in [3.63, 3.8) is 0 Å². The van der Waals surface area contributed by atoms with Gasteiger partial charge in [-0.25, -0.2) is 13.4 Å². The van der Waals surface area contributed by atoms with Crippen molar-refractivity contribution in [2.24, 2.45) is 0 Å². The number of hydrogen-bond acceptors (Lipinski definition) is 5. The lowest BCUT2D eigenvalue weighted by Gasteiger charge is -2.11. The highest BCUT2D eigenvalue weighted by Crippen LogP contribution is 2.29. The molecule has 1 aromatic heterocycles. The van der Waals surface area contributed by atoms with Crippen molar-refractivity contribution in [1.29, 1.82) is 10.7 Å². The van der Waals surface area contributed by atoms with Crippen molar-refractivity contribution >= 4 is 26.5 Å². The number of imidazole rings is 1. The number of nitrogens with zero attached hydrogens (tertiary/aromatic N) is 3. The van der Waals surface area contributed by atoms with E-state index in [1.54, 1.807) is 24.4 Å².